The maximum Gasteiger partial charge on any atom is 0.407 e. The van der Waals surface area contributed by atoms with E-state index in [2.05, 4.69) is 36.9 Å². The van der Waals surface area contributed by atoms with Gasteiger partial charge in [0.2, 0.25) is 0 Å². The molecular formula is C13H18N2O2. The first-order chi connectivity index (χ1) is 8.08. The maximum atomic E-state index is 10.9. The molecule has 0 radical (unpaired) electrons. The molecule has 1 aromatic carbocycles. The number of rotatable bonds is 1. The Kier molecular flexibility index (Phi) is 3.22. The van der Waals surface area contributed by atoms with Crippen LogP contribution in [0.2, 0.25) is 0 Å². The van der Waals surface area contributed by atoms with Gasteiger partial charge in [-0.2, -0.15) is 0 Å². The Bertz CT molecular complexity index is 420. The molecule has 4 nitrogen and oxygen atoms in total. The van der Waals surface area contributed by atoms with E-state index in [-0.39, 0.29) is 6.04 Å². The van der Waals surface area contributed by atoms with E-state index in [1.165, 1.54) is 16.2 Å². The molecule has 1 aliphatic heterocycles. The Morgan fingerprint density at radius 2 is 2.18 bits per heavy atom. The second kappa shape index (κ2) is 4.65. The van der Waals surface area contributed by atoms with Crippen molar-refractivity contribution in [3.05, 3.63) is 29.8 Å². The molecule has 1 aliphatic rings. The second-order valence-electron chi connectivity index (χ2n) is 4.61. The van der Waals surface area contributed by atoms with Crippen molar-refractivity contribution in [2.75, 3.05) is 24.5 Å². The molecule has 17 heavy (non-hydrogen) atoms. The molecule has 0 aliphatic carbocycles. The third-order valence-corrected chi connectivity index (χ3v) is 3.23. The summed E-state index contributed by atoms with van der Waals surface area (Å²) in [4.78, 5) is 14.7. The highest BCUT2D eigenvalue weighted by atomic mass is 16.4. The Labute approximate surface area is 101 Å². The number of nitrogens with zero attached hydrogens (tertiary/aromatic N) is 2. The molecule has 1 N–H and O–H groups in total. The van der Waals surface area contributed by atoms with E-state index in [0.29, 0.717) is 13.1 Å². The lowest BCUT2D eigenvalue weighted by Crippen LogP contribution is -2.53. The highest BCUT2D eigenvalue weighted by molar-refractivity contribution is 5.65. The summed E-state index contributed by atoms with van der Waals surface area (Å²) in [5.74, 6) is 0. The van der Waals surface area contributed by atoms with Crippen molar-refractivity contribution in [2.45, 2.75) is 19.9 Å². The zero-order valence-corrected chi connectivity index (χ0v) is 10.3. The zero-order valence-electron chi connectivity index (χ0n) is 10.3. The van der Waals surface area contributed by atoms with Gasteiger partial charge < -0.3 is 14.9 Å². The van der Waals surface area contributed by atoms with Crippen molar-refractivity contribution in [1.82, 2.24) is 4.90 Å². The SMILES string of the molecule is Cc1cccc(N2CCN(C(=O)O)C[C@H]2C)c1. The van der Waals surface area contributed by atoms with Gasteiger partial charge in [0.1, 0.15) is 0 Å². The fourth-order valence-electron chi connectivity index (χ4n) is 2.32. The van der Waals surface area contributed by atoms with Crippen LogP contribution in [-0.4, -0.2) is 41.8 Å². The number of carboxylic acid groups (broad SMARTS) is 1. The van der Waals surface area contributed by atoms with Crippen LogP contribution in [0.3, 0.4) is 0 Å². The van der Waals surface area contributed by atoms with Crippen molar-refractivity contribution >= 4 is 11.8 Å². The number of anilines is 1. The number of amides is 1. The Morgan fingerprint density at radius 3 is 2.76 bits per heavy atom. The average molecular weight is 234 g/mol. The van der Waals surface area contributed by atoms with E-state index in [1.54, 1.807) is 0 Å². The lowest BCUT2D eigenvalue weighted by atomic mass is 10.1. The minimum absolute atomic E-state index is 0.224. The molecule has 2 rings (SSSR count). The molecule has 1 heterocycles. The lowest BCUT2D eigenvalue weighted by Gasteiger charge is -2.40. The summed E-state index contributed by atoms with van der Waals surface area (Å²) >= 11 is 0. The summed E-state index contributed by atoms with van der Waals surface area (Å²) < 4.78 is 0. The van der Waals surface area contributed by atoms with Gasteiger partial charge in [-0.25, -0.2) is 4.79 Å². The monoisotopic (exact) mass is 234 g/mol. The van der Waals surface area contributed by atoms with Gasteiger partial charge >= 0.3 is 6.09 Å². The summed E-state index contributed by atoms with van der Waals surface area (Å²) in [6, 6.07) is 8.57. The highest BCUT2D eigenvalue weighted by Crippen LogP contribution is 2.21. The fourth-order valence-corrected chi connectivity index (χ4v) is 2.32. The third-order valence-electron chi connectivity index (χ3n) is 3.23. The lowest BCUT2D eigenvalue weighted by molar-refractivity contribution is 0.136. The number of aryl methyl sites for hydroxylation is 1. The summed E-state index contributed by atoms with van der Waals surface area (Å²) in [6.45, 7) is 6.05. The minimum Gasteiger partial charge on any atom is -0.465 e. The van der Waals surface area contributed by atoms with Gasteiger partial charge in [0.05, 0.1) is 0 Å². The van der Waals surface area contributed by atoms with E-state index in [9.17, 15) is 4.79 Å². The Balaban J connectivity index is 2.12. The van der Waals surface area contributed by atoms with Crippen LogP contribution >= 0.6 is 0 Å². The fraction of sp³-hybridized carbons (Fsp3) is 0.462. The van der Waals surface area contributed by atoms with Crippen LogP contribution in [0, 0.1) is 6.92 Å². The molecular weight excluding hydrogens is 216 g/mol. The van der Waals surface area contributed by atoms with E-state index in [0.717, 1.165) is 6.54 Å². The molecule has 1 fully saturated rings. The molecule has 0 unspecified atom stereocenters. The third kappa shape index (κ3) is 2.52. The molecule has 0 aromatic heterocycles. The van der Waals surface area contributed by atoms with Crippen LogP contribution in [0.15, 0.2) is 24.3 Å². The van der Waals surface area contributed by atoms with Crippen molar-refractivity contribution in [1.29, 1.82) is 0 Å². The standard InChI is InChI=1S/C13H18N2O2/c1-10-4-3-5-12(8-10)15-7-6-14(13(16)17)9-11(15)2/h3-5,8,11H,6-7,9H2,1-2H3,(H,16,17)/t11-/m1/s1. The minimum atomic E-state index is -0.819. The van der Waals surface area contributed by atoms with E-state index in [1.807, 2.05) is 6.07 Å². The predicted molar refractivity (Wildman–Crippen MR) is 67.6 cm³/mol. The zero-order chi connectivity index (χ0) is 12.4. The predicted octanol–water partition coefficient (Wildman–Crippen LogP) is 2.18. The molecule has 0 spiro atoms. The number of hydrogen-bond acceptors (Lipinski definition) is 2. The van der Waals surface area contributed by atoms with E-state index < -0.39 is 6.09 Å². The van der Waals surface area contributed by atoms with Gasteiger partial charge in [-0.05, 0) is 31.5 Å². The quantitative estimate of drug-likeness (QED) is 0.810. The molecule has 1 aromatic rings. The van der Waals surface area contributed by atoms with Crippen molar-refractivity contribution in [2.24, 2.45) is 0 Å². The highest BCUT2D eigenvalue weighted by Gasteiger charge is 2.26. The van der Waals surface area contributed by atoms with Crippen LogP contribution in [0.1, 0.15) is 12.5 Å². The van der Waals surface area contributed by atoms with E-state index in [4.69, 9.17) is 5.11 Å². The molecule has 1 atom stereocenters. The number of piperazine rings is 1. The molecule has 1 saturated heterocycles. The van der Waals surface area contributed by atoms with Gasteiger partial charge in [0.25, 0.3) is 0 Å². The van der Waals surface area contributed by atoms with Crippen molar-refractivity contribution in [3.8, 4) is 0 Å². The summed E-state index contributed by atoms with van der Waals surface area (Å²) in [6.07, 6.45) is -0.819. The maximum absolute atomic E-state index is 10.9. The summed E-state index contributed by atoms with van der Waals surface area (Å²) in [5, 5.41) is 8.96. The van der Waals surface area contributed by atoms with Gasteiger partial charge in [-0.1, -0.05) is 12.1 Å². The van der Waals surface area contributed by atoms with Crippen LogP contribution in [0.25, 0.3) is 0 Å². The van der Waals surface area contributed by atoms with Gasteiger partial charge in [0.15, 0.2) is 0 Å². The smallest absolute Gasteiger partial charge is 0.407 e. The largest absolute Gasteiger partial charge is 0.465 e. The Morgan fingerprint density at radius 1 is 1.41 bits per heavy atom. The first-order valence-electron chi connectivity index (χ1n) is 5.89. The van der Waals surface area contributed by atoms with Crippen LogP contribution in [0.4, 0.5) is 10.5 Å². The molecule has 0 bridgehead atoms. The van der Waals surface area contributed by atoms with Crippen LogP contribution < -0.4 is 4.90 Å². The number of hydrogen-bond donors (Lipinski definition) is 1. The second-order valence-corrected chi connectivity index (χ2v) is 4.61. The average Bonchev–Trinajstić information content (AvgIpc) is 2.28. The molecule has 0 saturated carbocycles. The van der Waals surface area contributed by atoms with Crippen molar-refractivity contribution in [3.63, 3.8) is 0 Å². The van der Waals surface area contributed by atoms with Gasteiger partial charge in [-0.3, -0.25) is 0 Å². The van der Waals surface area contributed by atoms with Crippen molar-refractivity contribution < 1.29 is 9.90 Å². The molecule has 92 valence electrons. The topological polar surface area (TPSA) is 43.8 Å². The molecule has 1 amide bonds. The number of benzene rings is 1. The summed E-state index contributed by atoms with van der Waals surface area (Å²) in [5.41, 5.74) is 2.41. The van der Waals surface area contributed by atoms with Gasteiger partial charge in [-0.15, -0.1) is 0 Å². The first kappa shape index (κ1) is 11.8. The van der Waals surface area contributed by atoms with Crippen LogP contribution in [0.5, 0.6) is 0 Å². The molecule has 4 heteroatoms. The Hall–Kier alpha value is -1.71. The van der Waals surface area contributed by atoms with Gasteiger partial charge in [0, 0.05) is 31.4 Å². The normalized spacial score (nSPS) is 20.5. The number of carbonyl (C=O) groups is 1. The van der Waals surface area contributed by atoms with E-state index >= 15 is 0 Å². The summed E-state index contributed by atoms with van der Waals surface area (Å²) in [7, 11) is 0. The van der Waals surface area contributed by atoms with Crippen LogP contribution in [-0.2, 0) is 0 Å². The first-order valence-corrected chi connectivity index (χ1v) is 5.89.